The van der Waals surface area contributed by atoms with Crippen molar-refractivity contribution < 1.29 is 9.53 Å². The first-order valence-electron chi connectivity index (χ1n) is 7.33. The van der Waals surface area contributed by atoms with Crippen LogP contribution in [-0.2, 0) is 16.0 Å². The van der Waals surface area contributed by atoms with Gasteiger partial charge in [0.1, 0.15) is 5.78 Å². The number of aromatic nitrogens is 1. The minimum absolute atomic E-state index is 0.0786. The van der Waals surface area contributed by atoms with Gasteiger partial charge in [-0.15, -0.1) is 0 Å². The van der Waals surface area contributed by atoms with E-state index in [0.29, 0.717) is 12.2 Å². The summed E-state index contributed by atoms with van der Waals surface area (Å²) in [6.07, 6.45) is 10.5. The minimum atomic E-state index is 0.0786. The standard InChI is InChI=1S/C16H21NO2/c18-15(3-2-13-4-9-17-10-5-13)14-6-11-19-16(12-14)7-1-8-16/h4-5,9-10,14H,1-3,6-8,11-12H2. The molecule has 0 N–H and O–H groups in total. The van der Waals surface area contributed by atoms with Gasteiger partial charge in [-0.1, -0.05) is 0 Å². The van der Waals surface area contributed by atoms with Gasteiger partial charge in [-0.3, -0.25) is 9.78 Å². The summed E-state index contributed by atoms with van der Waals surface area (Å²) in [4.78, 5) is 16.3. The molecule has 3 nitrogen and oxygen atoms in total. The SMILES string of the molecule is O=C(CCc1ccncc1)C1CCOC2(CCC2)C1. The number of rotatable bonds is 4. The number of aryl methyl sites for hydroxylation is 1. The molecule has 1 aliphatic carbocycles. The second-order valence-corrected chi connectivity index (χ2v) is 5.90. The fraction of sp³-hybridized carbons (Fsp3) is 0.625. The van der Waals surface area contributed by atoms with Gasteiger partial charge in [-0.05, 0) is 56.2 Å². The molecule has 0 bridgehead atoms. The van der Waals surface area contributed by atoms with Gasteiger partial charge in [-0.2, -0.15) is 0 Å². The molecule has 1 spiro atoms. The van der Waals surface area contributed by atoms with E-state index in [9.17, 15) is 4.79 Å². The van der Waals surface area contributed by atoms with E-state index in [1.54, 1.807) is 12.4 Å². The molecule has 19 heavy (non-hydrogen) atoms. The molecule has 2 fully saturated rings. The highest BCUT2D eigenvalue weighted by molar-refractivity contribution is 5.81. The van der Waals surface area contributed by atoms with E-state index in [1.165, 1.54) is 12.0 Å². The number of carbonyl (C=O) groups excluding carboxylic acids is 1. The van der Waals surface area contributed by atoms with Gasteiger partial charge in [0.2, 0.25) is 0 Å². The Hall–Kier alpha value is -1.22. The number of carbonyl (C=O) groups is 1. The topological polar surface area (TPSA) is 39.2 Å². The molecule has 1 aromatic rings. The minimum Gasteiger partial charge on any atom is -0.375 e. The zero-order valence-electron chi connectivity index (χ0n) is 11.3. The summed E-state index contributed by atoms with van der Waals surface area (Å²) < 4.78 is 5.88. The molecule has 1 saturated carbocycles. The number of pyridine rings is 1. The maximum absolute atomic E-state index is 12.3. The average molecular weight is 259 g/mol. The Kier molecular flexibility index (Phi) is 3.65. The van der Waals surface area contributed by atoms with Crippen molar-refractivity contribution in [1.82, 2.24) is 4.98 Å². The van der Waals surface area contributed by atoms with Crippen LogP contribution in [0.1, 0.15) is 44.1 Å². The van der Waals surface area contributed by atoms with Crippen molar-refractivity contribution in [3.8, 4) is 0 Å². The quantitative estimate of drug-likeness (QED) is 0.834. The highest BCUT2D eigenvalue weighted by Gasteiger charge is 2.43. The van der Waals surface area contributed by atoms with Crippen LogP contribution in [0, 0.1) is 5.92 Å². The second kappa shape index (κ2) is 5.41. The molecular weight excluding hydrogens is 238 g/mol. The number of hydrogen-bond donors (Lipinski definition) is 0. The third kappa shape index (κ3) is 2.86. The van der Waals surface area contributed by atoms with Gasteiger partial charge >= 0.3 is 0 Å². The highest BCUT2D eigenvalue weighted by atomic mass is 16.5. The summed E-state index contributed by atoms with van der Waals surface area (Å²) in [5.74, 6) is 0.655. The summed E-state index contributed by atoms with van der Waals surface area (Å²) in [5.41, 5.74) is 1.28. The van der Waals surface area contributed by atoms with Crippen molar-refractivity contribution in [2.45, 2.75) is 50.5 Å². The van der Waals surface area contributed by atoms with Crippen LogP contribution in [-0.4, -0.2) is 23.0 Å². The maximum Gasteiger partial charge on any atom is 0.136 e. The number of ketones is 1. The molecule has 1 unspecified atom stereocenters. The lowest BCUT2D eigenvalue weighted by Gasteiger charge is -2.46. The van der Waals surface area contributed by atoms with Gasteiger partial charge in [0, 0.05) is 31.3 Å². The zero-order valence-corrected chi connectivity index (χ0v) is 11.3. The molecule has 1 saturated heterocycles. The van der Waals surface area contributed by atoms with Crippen LogP contribution in [0.25, 0.3) is 0 Å². The third-order valence-electron chi connectivity index (χ3n) is 4.62. The predicted octanol–water partition coefficient (Wildman–Crippen LogP) is 2.93. The first-order chi connectivity index (χ1) is 9.27. The lowest BCUT2D eigenvalue weighted by Crippen LogP contribution is -2.47. The Morgan fingerprint density at radius 3 is 2.84 bits per heavy atom. The molecule has 1 atom stereocenters. The Bertz CT molecular complexity index is 439. The third-order valence-corrected chi connectivity index (χ3v) is 4.62. The van der Waals surface area contributed by atoms with Crippen LogP contribution in [0.3, 0.4) is 0 Å². The molecule has 2 aliphatic rings. The van der Waals surface area contributed by atoms with Crippen molar-refractivity contribution in [2.75, 3.05) is 6.61 Å². The maximum atomic E-state index is 12.3. The number of nitrogens with zero attached hydrogens (tertiary/aromatic N) is 1. The lowest BCUT2D eigenvalue weighted by atomic mass is 9.71. The number of ether oxygens (including phenoxy) is 1. The Balaban J connectivity index is 1.52. The Labute approximate surface area is 114 Å². The van der Waals surface area contributed by atoms with E-state index < -0.39 is 0 Å². The molecule has 0 aromatic carbocycles. The summed E-state index contributed by atoms with van der Waals surface area (Å²) in [7, 11) is 0. The van der Waals surface area contributed by atoms with Crippen LogP contribution in [0.2, 0.25) is 0 Å². The van der Waals surface area contributed by atoms with Gasteiger partial charge in [0.05, 0.1) is 5.60 Å². The van der Waals surface area contributed by atoms with E-state index in [0.717, 1.165) is 38.7 Å². The van der Waals surface area contributed by atoms with Crippen LogP contribution in [0.15, 0.2) is 24.5 Å². The van der Waals surface area contributed by atoms with E-state index in [2.05, 4.69) is 4.98 Å². The zero-order chi connectivity index (χ0) is 13.1. The molecule has 2 heterocycles. The van der Waals surface area contributed by atoms with Crippen LogP contribution in [0.5, 0.6) is 0 Å². The summed E-state index contributed by atoms with van der Waals surface area (Å²) in [5, 5.41) is 0. The van der Waals surface area contributed by atoms with Crippen molar-refractivity contribution >= 4 is 5.78 Å². The van der Waals surface area contributed by atoms with Crippen LogP contribution in [0.4, 0.5) is 0 Å². The van der Waals surface area contributed by atoms with E-state index in [4.69, 9.17) is 4.74 Å². The van der Waals surface area contributed by atoms with Gasteiger partial charge in [-0.25, -0.2) is 0 Å². The molecule has 3 heteroatoms. The van der Waals surface area contributed by atoms with E-state index in [1.807, 2.05) is 12.1 Å². The van der Waals surface area contributed by atoms with Crippen LogP contribution >= 0.6 is 0 Å². The van der Waals surface area contributed by atoms with Crippen molar-refractivity contribution in [2.24, 2.45) is 5.92 Å². The molecule has 102 valence electrons. The van der Waals surface area contributed by atoms with Gasteiger partial charge in [0.25, 0.3) is 0 Å². The molecule has 1 aromatic heterocycles. The number of Topliss-reactive ketones (excluding diaryl/α,β-unsaturated/α-hetero) is 1. The monoisotopic (exact) mass is 259 g/mol. The predicted molar refractivity (Wildman–Crippen MR) is 72.8 cm³/mol. The molecule has 3 rings (SSSR count). The smallest absolute Gasteiger partial charge is 0.136 e. The molecule has 0 amide bonds. The summed E-state index contributed by atoms with van der Waals surface area (Å²) in [6, 6.07) is 3.98. The van der Waals surface area contributed by atoms with Crippen LogP contribution < -0.4 is 0 Å². The van der Waals surface area contributed by atoms with E-state index >= 15 is 0 Å². The lowest BCUT2D eigenvalue weighted by molar-refractivity contribution is -0.155. The fourth-order valence-corrected chi connectivity index (χ4v) is 3.24. The van der Waals surface area contributed by atoms with Crippen molar-refractivity contribution in [1.29, 1.82) is 0 Å². The average Bonchev–Trinajstić information content (AvgIpc) is 2.44. The van der Waals surface area contributed by atoms with Crippen molar-refractivity contribution in [3.63, 3.8) is 0 Å². The molecule has 0 radical (unpaired) electrons. The van der Waals surface area contributed by atoms with Crippen molar-refractivity contribution in [3.05, 3.63) is 30.1 Å². The first kappa shape index (κ1) is 12.8. The largest absolute Gasteiger partial charge is 0.375 e. The fourth-order valence-electron chi connectivity index (χ4n) is 3.24. The Morgan fingerprint density at radius 2 is 2.16 bits per heavy atom. The normalized spacial score (nSPS) is 24.9. The van der Waals surface area contributed by atoms with E-state index in [-0.39, 0.29) is 11.5 Å². The van der Waals surface area contributed by atoms with Gasteiger partial charge in [0.15, 0.2) is 0 Å². The second-order valence-electron chi connectivity index (χ2n) is 5.90. The van der Waals surface area contributed by atoms with Gasteiger partial charge < -0.3 is 4.74 Å². The highest BCUT2D eigenvalue weighted by Crippen LogP contribution is 2.44. The first-order valence-corrected chi connectivity index (χ1v) is 7.33. The summed E-state index contributed by atoms with van der Waals surface area (Å²) >= 11 is 0. The number of hydrogen-bond acceptors (Lipinski definition) is 3. The summed E-state index contributed by atoms with van der Waals surface area (Å²) in [6.45, 7) is 0.770. The molecular formula is C16H21NO2. The molecule has 1 aliphatic heterocycles. The Morgan fingerprint density at radius 1 is 1.37 bits per heavy atom.